The van der Waals surface area contributed by atoms with Crippen molar-refractivity contribution in [1.82, 2.24) is 0 Å². The molecule has 1 saturated carbocycles. The summed E-state index contributed by atoms with van der Waals surface area (Å²) in [5.41, 5.74) is 3.86. The molecule has 5 rings (SSSR count). The van der Waals surface area contributed by atoms with E-state index in [1.165, 1.54) is 12.1 Å². The van der Waals surface area contributed by atoms with E-state index in [-0.39, 0.29) is 35.0 Å². The predicted molar refractivity (Wildman–Crippen MR) is 112 cm³/mol. The van der Waals surface area contributed by atoms with Gasteiger partial charge < -0.3 is 0 Å². The molecule has 2 aromatic carbocycles. The molecule has 4 atom stereocenters. The van der Waals surface area contributed by atoms with Gasteiger partial charge in [-0.25, -0.2) is 4.90 Å². The first kappa shape index (κ1) is 18.5. The van der Waals surface area contributed by atoms with E-state index in [0.717, 1.165) is 21.6 Å². The van der Waals surface area contributed by atoms with Crippen LogP contribution in [0.2, 0.25) is 0 Å². The number of allylic oxidation sites excluding steroid dienone is 4. The van der Waals surface area contributed by atoms with Gasteiger partial charge >= 0.3 is 0 Å². The zero-order chi connectivity index (χ0) is 21.2. The Morgan fingerprint density at radius 3 is 2.13 bits per heavy atom. The van der Waals surface area contributed by atoms with Crippen LogP contribution in [-0.4, -0.2) is 16.7 Å². The van der Waals surface area contributed by atoms with E-state index in [2.05, 4.69) is 0 Å². The van der Waals surface area contributed by atoms with E-state index >= 15 is 0 Å². The van der Waals surface area contributed by atoms with Gasteiger partial charge in [-0.1, -0.05) is 54.1 Å². The molecule has 2 aliphatic carbocycles. The van der Waals surface area contributed by atoms with E-state index in [0.29, 0.717) is 5.56 Å². The minimum Gasteiger partial charge on any atom is -0.274 e. The van der Waals surface area contributed by atoms with Gasteiger partial charge in [0.15, 0.2) is 0 Å². The molecule has 1 heterocycles. The Morgan fingerprint density at radius 1 is 0.967 bits per heavy atom. The largest absolute Gasteiger partial charge is 0.293 e. The van der Waals surface area contributed by atoms with Gasteiger partial charge in [0.05, 0.1) is 16.8 Å². The zero-order valence-corrected chi connectivity index (χ0v) is 16.6. The lowest BCUT2D eigenvalue weighted by molar-refractivity contribution is -0.384. The number of carbonyl (C=O) groups is 2. The summed E-state index contributed by atoms with van der Waals surface area (Å²) in [7, 11) is 0. The summed E-state index contributed by atoms with van der Waals surface area (Å²) in [5, 5.41) is 11.6. The molecule has 2 fully saturated rings. The maximum atomic E-state index is 13.4. The number of nitrogens with zero attached hydrogens (tertiary/aromatic N) is 2. The van der Waals surface area contributed by atoms with E-state index in [1.807, 2.05) is 49.4 Å². The number of aryl methyl sites for hydroxylation is 1. The molecule has 2 aromatic rings. The fraction of sp³-hybridized carbons (Fsp3) is 0.250. The number of fused-ring (bicyclic) bond motifs is 5. The van der Waals surface area contributed by atoms with Crippen molar-refractivity contribution in [3.05, 3.63) is 87.5 Å². The number of nitro groups is 1. The Bertz CT molecular complexity index is 1130. The lowest BCUT2D eigenvalue weighted by Crippen LogP contribution is -2.33. The number of benzene rings is 2. The number of nitro benzene ring substituents is 1. The van der Waals surface area contributed by atoms with Crippen LogP contribution in [0.25, 0.3) is 5.57 Å². The van der Waals surface area contributed by atoms with Gasteiger partial charge in [0.25, 0.3) is 5.69 Å². The summed E-state index contributed by atoms with van der Waals surface area (Å²) >= 11 is 0. The average Bonchev–Trinajstić information content (AvgIpc) is 3.38. The molecule has 150 valence electrons. The molecule has 2 amide bonds. The number of anilines is 1. The van der Waals surface area contributed by atoms with E-state index in [9.17, 15) is 19.7 Å². The zero-order valence-electron chi connectivity index (χ0n) is 16.6. The third-order valence-corrected chi connectivity index (χ3v) is 6.62. The Hall–Kier alpha value is -3.54. The van der Waals surface area contributed by atoms with Gasteiger partial charge in [0.2, 0.25) is 11.8 Å². The monoisotopic (exact) mass is 400 g/mol. The van der Waals surface area contributed by atoms with Crippen molar-refractivity contribution in [3.63, 3.8) is 0 Å². The fourth-order valence-corrected chi connectivity index (χ4v) is 5.32. The van der Waals surface area contributed by atoms with Gasteiger partial charge in [0.1, 0.15) is 5.69 Å². The molecule has 0 aromatic heterocycles. The van der Waals surface area contributed by atoms with Crippen LogP contribution < -0.4 is 4.90 Å². The predicted octanol–water partition coefficient (Wildman–Crippen LogP) is 4.30. The molecule has 2 bridgehead atoms. The Kier molecular flexibility index (Phi) is 4.00. The van der Waals surface area contributed by atoms with Crippen LogP contribution in [0.5, 0.6) is 0 Å². The standard InChI is InChI=1S/C24H20N2O4/c1-13-8-11-18(19(12-13)26(29)30)25-23(27)21-16-9-10-17(22(21)24(25)28)20(16)14(2)15-6-4-3-5-7-15/h3-12,16-17,21-22H,1-2H3/t16-,17-,21-,22-/m1/s1. The van der Waals surface area contributed by atoms with Gasteiger partial charge in [0, 0.05) is 17.9 Å². The quantitative estimate of drug-likeness (QED) is 0.333. The van der Waals surface area contributed by atoms with Crippen LogP contribution in [0.4, 0.5) is 11.4 Å². The van der Waals surface area contributed by atoms with Crippen LogP contribution in [0.15, 0.2) is 66.3 Å². The second-order valence-corrected chi connectivity index (χ2v) is 8.20. The molecule has 0 radical (unpaired) electrons. The van der Waals surface area contributed by atoms with Crippen LogP contribution in [0, 0.1) is 40.7 Å². The topological polar surface area (TPSA) is 80.5 Å². The highest BCUT2D eigenvalue weighted by Gasteiger charge is 2.62. The van der Waals surface area contributed by atoms with Crippen LogP contribution in [0.1, 0.15) is 18.1 Å². The summed E-state index contributed by atoms with van der Waals surface area (Å²) in [5.74, 6) is -1.97. The van der Waals surface area contributed by atoms with Gasteiger partial charge in [-0.2, -0.15) is 0 Å². The molecule has 30 heavy (non-hydrogen) atoms. The highest BCUT2D eigenvalue weighted by molar-refractivity contribution is 6.24. The molecular weight excluding hydrogens is 380 g/mol. The van der Waals surface area contributed by atoms with Crippen molar-refractivity contribution in [1.29, 1.82) is 0 Å². The molecule has 3 aliphatic rings. The Balaban J connectivity index is 1.57. The highest BCUT2D eigenvalue weighted by Crippen LogP contribution is 2.58. The summed E-state index contributed by atoms with van der Waals surface area (Å²) in [4.78, 5) is 38.8. The van der Waals surface area contributed by atoms with Crippen molar-refractivity contribution in [2.45, 2.75) is 13.8 Å². The second-order valence-electron chi connectivity index (χ2n) is 8.20. The summed E-state index contributed by atoms with van der Waals surface area (Å²) in [6, 6.07) is 14.6. The summed E-state index contributed by atoms with van der Waals surface area (Å²) < 4.78 is 0. The first-order valence-corrected chi connectivity index (χ1v) is 9.97. The van der Waals surface area contributed by atoms with Crippen molar-refractivity contribution in [2.75, 3.05) is 4.90 Å². The maximum Gasteiger partial charge on any atom is 0.293 e. The minimum atomic E-state index is -0.533. The van der Waals surface area contributed by atoms with Crippen LogP contribution >= 0.6 is 0 Å². The lowest BCUT2D eigenvalue weighted by atomic mass is 9.85. The van der Waals surface area contributed by atoms with Crippen LogP contribution in [-0.2, 0) is 9.59 Å². The first-order valence-electron chi connectivity index (χ1n) is 9.97. The van der Waals surface area contributed by atoms with Crippen molar-refractivity contribution in [3.8, 4) is 0 Å². The highest BCUT2D eigenvalue weighted by atomic mass is 16.6. The molecule has 0 N–H and O–H groups in total. The molecule has 0 unspecified atom stereocenters. The number of hydrogen-bond acceptors (Lipinski definition) is 4. The summed E-state index contributed by atoms with van der Waals surface area (Å²) in [6.07, 6.45) is 4.04. The molecule has 1 aliphatic heterocycles. The third-order valence-electron chi connectivity index (χ3n) is 6.62. The van der Waals surface area contributed by atoms with E-state index in [1.54, 1.807) is 13.0 Å². The normalized spacial score (nSPS) is 26.5. The van der Waals surface area contributed by atoms with Crippen LogP contribution in [0.3, 0.4) is 0 Å². The number of imide groups is 1. The average molecular weight is 400 g/mol. The SMILES string of the molecule is CC(=C1[C@H]2C=C[C@H]1[C@H]1C(=O)N(c3ccc(C)cc3[N+](=O)[O-])C(=O)[C@@H]12)c1ccccc1. The number of hydrogen-bond donors (Lipinski definition) is 0. The van der Waals surface area contributed by atoms with Gasteiger partial charge in [-0.05, 0) is 36.6 Å². The molecular formula is C24H20N2O4. The Labute approximate surface area is 173 Å². The lowest BCUT2D eigenvalue weighted by Gasteiger charge is -2.20. The molecule has 1 saturated heterocycles. The third kappa shape index (κ3) is 2.43. The Morgan fingerprint density at radius 2 is 1.57 bits per heavy atom. The van der Waals surface area contributed by atoms with Crippen molar-refractivity contribution in [2.24, 2.45) is 23.7 Å². The smallest absolute Gasteiger partial charge is 0.274 e. The van der Waals surface area contributed by atoms with Crippen molar-refractivity contribution >= 4 is 28.8 Å². The molecule has 6 heteroatoms. The maximum absolute atomic E-state index is 13.4. The minimum absolute atomic E-state index is 0.0692. The van der Waals surface area contributed by atoms with E-state index in [4.69, 9.17) is 0 Å². The van der Waals surface area contributed by atoms with Gasteiger partial charge in [-0.15, -0.1) is 0 Å². The number of rotatable bonds is 3. The number of amides is 2. The van der Waals surface area contributed by atoms with Gasteiger partial charge in [-0.3, -0.25) is 19.7 Å². The molecule has 6 nitrogen and oxygen atoms in total. The first-order chi connectivity index (χ1) is 14.4. The van der Waals surface area contributed by atoms with Crippen molar-refractivity contribution < 1.29 is 14.5 Å². The molecule has 0 spiro atoms. The van der Waals surface area contributed by atoms with E-state index < -0.39 is 16.8 Å². The number of carbonyl (C=O) groups excluding carboxylic acids is 2. The summed E-state index contributed by atoms with van der Waals surface area (Å²) in [6.45, 7) is 3.78. The second kappa shape index (κ2) is 6.49. The fourth-order valence-electron chi connectivity index (χ4n) is 5.32.